The van der Waals surface area contributed by atoms with Crippen molar-refractivity contribution in [1.82, 2.24) is 9.79 Å². The number of carbonyl (C=O) groups is 1. The fourth-order valence-corrected chi connectivity index (χ4v) is 6.70. The van der Waals surface area contributed by atoms with Crippen molar-refractivity contribution >= 4 is 38.5 Å². The zero-order valence-corrected chi connectivity index (χ0v) is 21.8. The van der Waals surface area contributed by atoms with Crippen molar-refractivity contribution < 1.29 is 23.2 Å². The highest BCUT2D eigenvalue weighted by molar-refractivity contribution is 7.98. The van der Waals surface area contributed by atoms with Crippen LogP contribution in [0.4, 0.5) is 0 Å². The molecule has 0 aliphatic rings. The van der Waals surface area contributed by atoms with Crippen molar-refractivity contribution in [1.29, 1.82) is 0 Å². The highest BCUT2D eigenvalue weighted by Gasteiger charge is 2.36. The van der Waals surface area contributed by atoms with Crippen LogP contribution in [0.2, 0.25) is 0 Å². The van der Waals surface area contributed by atoms with Crippen LogP contribution < -0.4 is 10.2 Å². The number of nitrogens with zero attached hydrogens (tertiary/aromatic N) is 1. The van der Waals surface area contributed by atoms with Gasteiger partial charge in [0.15, 0.2) is 0 Å². The van der Waals surface area contributed by atoms with Crippen LogP contribution in [0, 0.1) is 5.92 Å². The Labute approximate surface area is 211 Å². The minimum Gasteiger partial charge on any atom is -0.497 e. The molecule has 7 nitrogen and oxygen atoms in total. The summed E-state index contributed by atoms with van der Waals surface area (Å²) in [6.07, 6.45) is 0.254. The van der Waals surface area contributed by atoms with Gasteiger partial charge < -0.3 is 4.74 Å². The van der Waals surface area contributed by atoms with Crippen LogP contribution in [0.15, 0.2) is 71.6 Å². The van der Waals surface area contributed by atoms with Gasteiger partial charge in [-0.2, -0.15) is 16.1 Å². The minimum absolute atomic E-state index is 0.0275. The van der Waals surface area contributed by atoms with E-state index in [1.165, 1.54) is 34.5 Å². The van der Waals surface area contributed by atoms with Gasteiger partial charge in [-0.15, -0.1) is 0 Å². The minimum atomic E-state index is -4.00. The predicted octanol–water partition coefficient (Wildman–Crippen LogP) is 4.69. The smallest absolute Gasteiger partial charge is 0.261 e. The molecule has 0 aliphatic heterocycles. The van der Waals surface area contributed by atoms with E-state index in [2.05, 4.69) is 24.3 Å². The second-order valence-electron chi connectivity index (χ2n) is 8.62. The third kappa shape index (κ3) is 6.76. The van der Waals surface area contributed by atoms with Crippen LogP contribution in [0.25, 0.3) is 10.8 Å². The lowest BCUT2D eigenvalue weighted by molar-refractivity contribution is -0.133. The molecule has 1 atom stereocenters. The lowest BCUT2D eigenvalue weighted by Crippen LogP contribution is -2.50. The molecule has 0 aromatic heterocycles. The lowest BCUT2D eigenvalue weighted by atomic mass is 10.1. The summed E-state index contributed by atoms with van der Waals surface area (Å²) >= 11 is 1.63. The number of sulfonamides is 1. The Kier molecular flexibility index (Phi) is 9.56. The van der Waals surface area contributed by atoms with Crippen LogP contribution in [-0.2, 0) is 20.6 Å². The van der Waals surface area contributed by atoms with Crippen LogP contribution in [0.1, 0.15) is 25.8 Å². The Morgan fingerprint density at radius 3 is 2.40 bits per heavy atom. The van der Waals surface area contributed by atoms with Gasteiger partial charge in [0.2, 0.25) is 10.0 Å². The Morgan fingerprint density at radius 1 is 1.06 bits per heavy atom. The Hall–Kier alpha value is -2.59. The largest absolute Gasteiger partial charge is 0.497 e. The number of thioether (sulfide) groups is 1. The summed E-state index contributed by atoms with van der Waals surface area (Å²) in [5.74, 6) is 1.03. The highest BCUT2D eigenvalue weighted by atomic mass is 32.2. The van der Waals surface area contributed by atoms with Crippen molar-refractivity contribution in [3.8, 4) is 5.75 Å². The van der Waals surface area contributed by atoms with Crippen molar-refractivity contribution in [2.45, 2.75) is 37.0 Å². The summed E-state index contributed by atoms with van der Waals surface area (Å²) in [5, 5.41) is 11.7. The van der Waals surface area contributed by atoms with Crippen molar-refractivity contribution in [3.63, 3.8) is 0 Å². The van der Waals surface area contributed by atoms with E-state index in [-0.39, 0.29) is 23.8 Å². The Morgan fingerprint density at radius 2 is 1.74 bits per heavy atom. The molecule has 1 amide bonds. The number of fused-ring (bicyclic) bond motifs is 1. The molecule has 188 valence electrons. The van der Waals surface area contributed by atoms with Crippen LogP contribution >= 0.6 is 11.8 Å². The van der Waals surface area contributed by atoms with Gasteiger partial charge in [-0.1, -0.05) is 56.3 Å². The summed E-state index contributed by atoms with van der Waals surface area (Å²) in [5.41, 5.74) is 2.85. The van der Waals surface area contributed by atoms with Crippen LogP contribution in [0.3, 0.4) is 0 Å². The number of ether oxygens (including phenoxy) is 1. The molecule has 3 aromatic rings. The number of hydrogen-bond acceptors (Lipinski definition) is 6. The lowest BCUT2D eigenvalue weighted by Gasteiger charge is -2.30. The summed E-state index contributed by atoms with van der Waals surface area (Å²) in [4.78, 5) is 12.7. The summed E-state index contributed by atoms with van der Waals surface area (Å²) < 4.78 is 33.4. The molecule has 9 heteroatoms. The normalized spacial score (nSPS) is 12.7. The molecule has 0 spiro atoms. The molecule has 0 saturated carbocycles. The molecule has 3 rings (SSSR count). The average molecular weight is 517 g/mol. The molecule has 0 radical (unpaired) electrons. The monoisotopic (exact) mass is 516 g/mol. The average Bonchev–Trinajstić information content (AvgIpc) is 2.87. The maximum atomic E-state index is 13.5. The van der Waals surface area contributed by atoms with Gasteiger partial charge in [-0.05, 0) is 58.7 Å². The number of hydrogen-bond donors (Lipinski definition) is 2. The summed E-state index contributed by atoms with van der Waals surface area (Å²) in [6, 6.07) is 19.3. The number of methoxy groups -OCH3 is 1. The number of benzene rings is 3. The molecule has 0 saturated heterocycles. The van der Waals surface area contributed by atoms with E-state index < -0.39 is 22.0 Å². The quantitative estimate of drug-likeness (QED) is 0.206. The van der Waals surface area contributed by atoms with Crippen LogP contribution in [0.5, 0.6) is 5.75 Å². The van der Waals surface area contributed by atoms with Crippen molar-refractivity contribution in [2.75, 3.05) is 19.4 Å². The molecule has 1 unspecified atom stereocenters. The van der Waals surface area contributed by atoms with E-state index in [0.717, 1.165) is 11.1 Å². The van der Waals surface area contributed by atoms with Crippen molar-refractivity contribution in [2.24, 2.45) is 5.92 Å². The number of amides is 1. The van der Waals surface area contributed by atoms with Crippen molar-refractivity contribution in [3.05, 3.63) is 72.3 Å². The van der Waals surface area contributed by atoms with Gasteiger partial charge in [-0.3, -0.25) is 10.0 Å². The highest BCUT2D eigenvalue weighted by Crippen LogP contribution is 2.27. The third-order valence-electron chi connectivity index (χ3n) is 5.64. The predicted molar refractivity (Wildman–Crippen MR) is 140 cm³/mol. The molecule has 0 bridgehead atoms. The van der Waals surface area contributed by atoms with Gasteiger partial charge in [0.05, 0.1) is 12.0 Å². The van der Waals surface area contributed by atoms with Gasteiger partial charge in [0, 0.05) is 12.3 Å². The molecule has 0 fully saturated rings. The first-order chi connectivity index (χ1) is 16.8. The SMILES string of the molecule is COc1ccc(S(=O)(=O)N(CC(C)C)C(CCSCc2cccc3ccccc23)C(=O)NO)cc1. The third-order valence-corrected chi connectivity index (χ3v) is 8.57. The van der Waals surface area contributed by atoms with E-state index in [9.17, 15) is 18.4 Å². The Balaban J connectivity index is 1.79. The molecular weight excluding hydrogens is 484 g/mol. The first kappa shape index (κ1) is 27.0. The second kappa shape index (κ2) is 12.4. The zero-order valence-electron chi connectivity index (χ0n) is 20.2. The summed E-state index contributed by atoms with van der Waals surface area (Å²) in [7, 11) is -2.49. The van der Waals surface area contributed by atoms with Gasteiger partial charge >= 0.3 is 0 Å². The molecule has 35 heavy (non-hydrogen) atoms. The topological polar surface area (TPSA) is 95.9 Å². The number of rotatable bonds is 12. The molecule has 2 N–H and O–H groups in total. The van der Waals surface area contributed by atoms with E-state index in [4.69, 9.17) is 4.74 Å². The molecule has 0 aliphatic carbocycles. The maximum absolute atomic E-state index is 13.5. The molecular formula is C26H32N2O5S2. The first-order valence-electron chi connectivity index (χ1n) is 11.4. The second-order valence-corrected chi connectivity index (χ2v) is 11.6. The fraction of sp³-hybridized carbons (Fsp3) is 0.346. The van der Waals surface area contributed by atoms with E-state index >= 15 is 0 Å². The van der Waals surface area contributed by atoms with Gasteiger partial charge in [0.1, 0.15) is 11.8 Å². The fourth-order valence-electron chi connectivity index (χ4n) is 3.91. The number of carbonyl (C=O) groups excluding carboxylic acids is 1. The van der Waals surface area contributed by atoms with Gasteiger partial charge in [0.25, 0.3) is 5.91 Å². The van der Waals surface area contributed by atoms with Crippen LogP contribution in [-0.4, -0.2) is 49.3 Å². The first-order valence-corrected chi connectivity index (χ1v) is 14.0. The molecule has 3 aromatic carbocycles. The van der Waals surface area contributed by atoms with E-state index in [1.807, 2.05) is 32.0 Å². The van der Waals surface area contributed by atoms with Gasteiger partial charge in [-0.25, -0.2) is 13.9 Å². The maximum Gasteiger partial charge on any atom is 0.261 e. The number of hydroxylamine groups is 1. The van der Waals surface area contributed by atoms with E-state index in [0.29, 0.717) is 11.5 Å². The Bertz CT molecular complexity index is 1220. The summed E-state index contributed by atoms with van der Waals surface area (Å²) in [6.45, 7) is 3.92. The zero-order chi connectivity index (χ0) is 25.4. The standard InChI is InChI=1S/C26H32N2O5S2/c1-19(2)17-28(35(31,32)23-13-11-22(33-3)12-14-23)25(26(29)27-30)15-16-34-18-21-9-6-8-20-7-4-5-10-24(20)21/h4-14,19,25,30H,15-18H2,1-3H3,(H,27,29). The number of nitrogens with one attached hydrogen (secondary N) is 1. The molecule has 0 heterocycles. The van der Waals surface area contributed by atoms with E-state index in [1.54, 1.807) is 29.4 Å².